The Morgan fingerprint density at radius 3 is 2.74 bits per heavy atom. The fourth-order valence-corrected chi connectivity index (χ4v) is 3.00. The molecule has 1 aromatic heterocycles. The molecule has 1 aliphatic heterocycles. The standard InChI is InChI=1S/C16H31N7/c1-4-15-21-20-13-23(15)12-9-19-16(17-2)18-8-5-14-6-10-22(3)11-7-14/h13-14H,4-12H2,1-3H3,(H2,17,18,19). The molecular weight excluding hydrogens is 290 g/mol. The van der Waals surface area contributed by atoms with Gasteiger partial charge in [0.05, 0.1) is 0 Å². The Kier molecular flexibility index (Phi) is 7.32. The van der Waals surface area contributed by atoms with Crippen molar-refractivity contribution in [2.45, 2.75) is 39.2 Å². The van der Waals surface area contributed by atoms with E-state index in [-0.39, 0.29) is 0 Å². The molecule has 7 nitrogen and oxygen atoms in total. The fraction of sp³-hybridized carbons (Fsp3) is 0.812. The summed E-state index contributed by atoms with van der Waals surface area (Å²) in [4.78, 5) is 6.71. The summed E-state index contributed by atoms with van der Waals surface area (Å²) in [5, 5.41) is 14.8. The Morgan fingerprint density at radius 2 is 2.04 bits per heavy atom. The number of nitrogens with zero attached hydrogens (tertiary/aromatic N) is 5. The number of rotatable bonds is 7. The van der Waals surface area contributed by atoms with Crippen molar-refractivity contribution in [1.29, 1.82) is 0 Å². The van der Waals surface area contributed by atoms with Crippen LogP contribution < -0.4 is 10.6 Å². The topological polar surface area (TPSA) is 70.4 Å². The first kappa shape index (κ1) is 17.7. The molecule has 0 saturated carbocycles. The first-order valence-corrected chi connectivity index (χ1v) is 8.72. The second kappa shape index (κ2) is 9.50. The first-order valence-electron chi connectivity index (χ1n) is 8.72. The average Bonchev–Trinajstić information content (AvgIpc) is 3.02. The number of piperidine rings is 1. The van der Waals surface area contributed by atoms with E-state index in [4.69, 9.17) is 0 Å². The van der Waals surface area contributed by atoms with Crippen LogP contribution in [-0.2, 0) is 13.0 Å². The summed E-state index contributed by atoms with van der Waals surface area (Å²) in [6.45, 7) is 7.22. The van der Waals surface area contributed by atoms with E-state index >= 15 is 0 Å². The van der Waals surface area contributed by atoms with E-state index < -0.39 is 0 Å². The molecule has 130 valence electrons. The van der Waals surface area contributed by atoms with Gasteiger partial charge < -0.3 is 20.1 Å². The molecule has 7 heteroatoms. The van der Waals surface area contributed by atoms with Crippen LogP contribution in [0.4, 0.5) is 0 Å². The summed E-state index contributed by atoms with van der Waals surface area (Å²) in [6.07, 6.45) is 6.55. The largest absolute Gasteiger partial charge is 0.356 e. The molecule has 0 bridgehead atoms. The summed E-state index contributed by atoms with van der Waals surface area (Å²) in [5.74, 6) is 2.75. The van der Waals surface area contributed by atoms with Gasteiger partial charge in [0, 0.05) is 33.1 Å². The van der Waals surface area contributed by atoms with Gasteiger partial charge in [-0.25, -0.2) is 0 Å². The molecule has 2 N–H and O–H groups in total. The van der Waals surface area contributed by atoms with Crippen molar-refractivity contribution in [3.05, 3.63) is 12.2 Å². The maximum Gasteiger partial charge on any atom is 0.191 e. The second-order valence-corrected chi connectivity index (χ2v) is 6.26. The van der Waals surface area contributed by atoms with E-state index in [9.17, 15) is 0 Å². The third-order valence-electron chi connectivity index (χ3n) is 4.56. The van der Waals surface area contributed by atoms with Crippen LogP contribution in [-0.4, -0.2) is 65.9 Å². The first-order chi connectivity index (χ1) is 11.2. The van der Waals surface area contributed by atoms with Gasteiger partial charge in [-0.2, -0.15) is 0 Å². The molecule has 0 radical (unpaired) electrons. The third kappa shape index (κ3) is 5.82. The normalized spacial score (nSPS) is 17.4. The minimum atomic E-state index is 0.818. The van der Waals surface area contributed by atoms with Crippen molar-refractivity contribution in [1.82, 2.24) is 30.3 Å². The van der Waals surface area contributed by atoms with Crippen LogP contribution in [0.3, 0.4) is 0 Å². The lowest BCUT2D eigenvalue weighted by Gasteiger charge is -2.29. The van der Waals surface area contributed by atoms with E-state index in [2.05, 4.69) is 49.3 Å². The van der Waals surface area contributed by atoms with Gasteiger partial charge in [-0.05, 0) is 45.3 Å². The summed E-state index contributed by atoms with van der Waals surface area (Å²) < 4.78 is 2.08. The molecule has 0 aliphatic carbocycles. The van der Waals surface area contributed by atoms with Crippen LogP contribution >= 0.6 is 0 Å². The third-order valence-corrected chi connectivity index (χ3v) is 4.56. The van der Waals surface area contributed by atoms with Crippen LogP contribution in [0.1, 0.15) is 32.0 Å². The predicted molar refractivity (Wildman–Crippen MR) is 93.6 cm³/mol. The van der Waals surface area contributed by atoms with Crippen molar-refractivity contribution in [2.75, 3.05) is 40.3 Å². The van der Waals surface area contributed by atoms with Gasteiger partial charge >= 0.3 is 0 Å². The van der Waals surface area contributed by atoms with Crippen LogP contribution in [0.5, 0.6) is 0 Å². The van der Waals surface area contributed by atoms with Gasteiger partial charge in [-0.1, -0.05) is 6.92 Å². The number of aromatic nitrogens is 3. The maximum atomic E-state index is 4.29. The van der Waals surface area contributed by atoms with E-state index in [0.29, 0.717) is 0 Å². The average molecular weight is 321 g/mol. The molecule has 0 unspecified atom stereocenters. The molecule has 1 aromatic rings. The zero-order valence-corrected chi connectivity index (χ0v) is 14.8. The zero-order chi connectivity index (χ0) is 16.5. The maximum absolute atomic E-state index is 4.29. The summed E-state index contributed by atoms with van der Waals surface area (Å²) in [7, 11) is 4.03. The van der Waals surface area contributed by atoms with Crippen LogP contribution in [0.25, 0.3) is 0 Å². The number of hydrogen-bond donors (Lipinski definition) is 2. The number of aryl methyl sites for hydroxylation is 1. The molecule has 23 heavy (non-hydrogen) atoms. The monoisotopic (exact) mass is 321 g/mol. The highest BCUT2D eigenvalue weighted by molar-refractivity contribution is 5.79. The number of likely N-dealkylation sites (tertiary alicyclic amines) is 1. The highest BCUT2D eigenvalue weighted by atomic mass is 15.3. The lowest BCUT2D eigenvalue weighted by molar-refractivity contribution is 0.213. The summed E-state index contributed by atoms with van der Waals surface area (Å²) in [6, 6.07) is 0. The number of hydrogen-bond acceptors (Lipinski definition) is 4. The highest BCUT2D eigenvalue weighted by Gasteiger charge is 2.16. The van der Waals surface area contributed by atoms with Crippen molar-refractivity contribution < 1.29 is 0 Å². The Morgan fingerprint density at radius 1 is 1.30 bits per heavy atom. The molecule has 1 aliphatic rings. The second-order valence-electron chi connectivity index (χ2n) is 6.26. The van der Waals surface area contributed by atoms with Crippen LogP contribution in [0.2, 0.25) is 0 Å². The SMILES string of the molecule is CCc1nncn1CCNC(=NC)NCCC1CCN(C)CC1. The Bertz CT molecular complexity index is 475. The minimum absolute atomic E-state index is 0.818. The van der Waals surface area contributed by atoms with E-state index in [1.165, 1.54) is 32.4 Å². The lowest BCUT2D eigenvalue weighted by Crippen LogP contribution is -2.40. The van der Waals surface area contributed by atoms with Gasteiger partial charge in [0.25, 0.3) is 0 Å². The van der Waals surface area contributed by atoms with E-state index in [0.717, 1.165) is 43.8 Å². The molecule has 0 amide bonds. The van der Waals surface area contributed by atoms with Crippen LogP contribution in [0, 0.1) is 5.92 Å². The number of guanidine groups is 1. The summed E-state index contributed by atoms with van der Waals surface area (Å²) in [5.41, 5.74) is 0. The molecule has 1 saturated heterocycles. The Labute approximate surface area is 139 Å². The van der Waals surface area contributed by atoms with Gasteiger partial charge in [-0.3, -0.25) is 4.99 Å². The lowest BCUT2D eigenvalue weighted by atomic mass is 9.94. The number of nitrogens with one attached hydrogen (secondary N) is 2. The van der Waals surface area contributed by atoms with Gasteiger partial charge in [0.15, 0.2) is 5.96 Å². The fourth-order valence-electron chi connectivity index (χ4n) is 3.00. The van der Waals surface area contributed by atoms with Crippen LogP contribution in [0.15, 0.2) is 11.3 Å². The van der Waals surface area contributed by atoms with Gasteiger partial charge in [0.2, 0.25) is 0 Å². The molecule has 1 fully saturated rings. The molecule has 2 heterocycles. The smallest absolute Gasteiger partial charge is 0.191 e. The van der Waals surface area contributed by atoms with Crippen molar-refractivity contribution in [3.63, 3.8) is 0 Å². The molecule has 0 spiro atoms. The van der Waals surface area contributed by atoms with Gasteiger partial charge in [0.1, 0.15) is 12.2 Å². The molecule has 0 aromatic carbocycles. The summed E-state index contributed by atoms with van der Waals surface area (Å²) >= 11 is 0. The van der Waals surface area contributed by atoms with Crippen molar-refractivity contribution in [3.8, 4) is 0 Å². The number of aliphatic imine (C=N–C) groups is 1. The minimum Gasteiger partial charge on any atom is -0.356 e. The molecule has 0 atom stereocenters. The quantitative estimate of drug-likeness (QED) is 0.572. The molecule has 2 rings (SSSR count). The van der Waals surface area contributed by atoms with E-state index in [1.807, 2.05) is 7.05 Å². The Hall–Kier alpha value is -1.63. The zero-order valence-electron chi connectivity index (χ0n) is 14.8. The van der Waals surface area contributed by atoms with E-state index in [1.54, 1.807) is 6.33 Å². The Balaban J connectivity index is 1.62. The van der Waals surface area contributed by atoms with Gasteiger partial charge in [-0.15, -0.1) is 10.2 Å². The van der Waals surface area contributed by atoms with Crippen molar-refractivity contribution in [2.24, 2.45) is 10.9 Å². The highest BCUT2D eigenvalue weighted by Crippen LogP contribution is 2.18. The molecular formula is C16H31N7. The van der Waals surface area contributed by atoms with Crippen molar-refractivity contribution >= 4 is 5.96 Å². The predicted octanol–water partition coefficient (Wildman–Crippen LogP) is 0.737.